The van der Waals surface area contributed by atoms with Gasteiger partial charge in [-0.05, 0) is 12.1 Å². The maximum absolute atomic E-state index is 4.18. The Balaban J connectivity index is 0.000000336. The molecule has 0 unspecified atom stereocenters. The second-order valence-corrected chi connectivity index (χ2v) is 2.20. The third-order valence-corrected chi connectivity index (χ3v) is 1.51. The lowest BCUT2D eigenvalue weighted by Crippen LogP contribution is -1.73. The molecule has 0 aliphatic carbocycles. The van der Waals surface area contributed by atoms with Crippen molar-refractivity contribution in [3.05, 3.63) is 42.6 Å². The summed E-state index contributed by atoms with van der Waals surface area (Å²) in [6, 6.07) is 12.1. The molecule has 0 saturated heterocycles. The Morgan fingerprint density at radius 3 is 2.33 bits per heavy atom. The summed E-state index contributed by atoms with van der Waals surface area (Å²) in [4.78, 5) is 4.18. The molecule has 12 heavy (non-hydrogen) atoms. The van der Waals surface area contributed by atoms with Crippen molar-refractivity contribution >= 4 is 33.3 Å². The molecule has 0 aliphatic heterocycles. The van der Waals surface area contributed by atoms with Gasteiger partial charge in [0.25, 0.3) is 0 Å². The van der Waals surface area contributed by atoms with Crippen LogP contribution >= 0.6 is 0 Å². The Hall–Kier alpha value is -0.930. The van der Waals surface area contributed by atoms with Gasteiger partial charge < -0.3 is 0 Å². The van der Waals surface area contributed by atoms with Crippen LogP contribution in [0.15, 0.2) is 42.6 Å². The van der Waals surface area contributed by atoms with E-state index in [4.69, 9.17) is 0 Å². The Bertz CT molecular complexity index is 297. The predicted molar refractivity (Wildman–Crippen MR) is 56.5 cm³/mol. The number of benzene rings is 1. The zero-order valence-corrected chi connectivity index (χ0v) is 7.94. The summed E-state index contributed by atoms with van der Waals surface area (Å²) in [7, 11) is 0. The van der Waals surface area contributed by atoms with Gasteiger partial charge >= 0.3 is 0 Å². The van der Waals surface area contributed by atoms with Crippen LogP contribution in [0.5, 0.6) is 0 Å². The summed E-state index contributed by atoms with van der Waals surface area (Å²) in [6.45, 7) is 0. The Morgan fingerprint density at radius 2 is 1.58 bits per heavy atom. The average Bonchev–Trinajstić information content (AvgIpc) is 2.21. The number of hydrogen-bond donors (Lipinski definition) is 0. The highest BCUT2D eigenvalue weighted by Crippen LogP contribution is 2.07. The van der Waals surface area contributed by atoms with Crippen LogP contribution in [0.4, 0.5) is 0 Å². The van der Waals surface area contributed by atoms with Crippen LogP contribution in [-0.2, 0) is 22.4 Å². The fraction of sp³-hybridized carbons (Fsp3) is 0. The summed E-state index contributed by atoms with van der Waals surface area (Å²) in [5, 5.41) is 1.20. The minimum Gasteiger partial charge on any atom is -0.256 e. The molecule has 1 aromatic carbocycles. The molecule has 0 aliphatic rings. The van der Waals surface area contributed by atoms with Gasteiger partial charge in [-0.2, -0.15) is 0 Å². The van der Waals surface area contributed by atoms with E-state index in [1.165, 1.54) is 5.39 Å². The van der Waals surface area contributed by atoms with Crippen LogP contribution in [0, 0.1) is 0 Å². The molecule has 0 spiro atoms. The maximum Gasteiger partial charge on any atom is 0.0701 e. The molecule has 1 nitrogen and oxygen atoms in total. The fourth-order valence-electron chi connectivity index (χ4n) is 1.02. The Kier molecular flexibility index (Phi) is 3.70. The van der Waals surface area contributed by atoms with Crippen LogP contribution in [0.3, 0.4) is 0 Å². The second-order valence-electron chi connectivity index (χ2n) is 2.20. The van der Waals surface area contributed by atoms with E-state index in [9.17, 15) is 0 Å². The van der Waals surface area contributed by atoms with E-state index in [0.717, 1.165) is 5.52 Å². The first-order valence-corrected chi connectivity index (χ1v) is 4.76. The van der Waals surface area contributed by atoms with Gasteiger partial charge in [0.1, 0.15) is 0 Å². The highest BCUT2D eigenvalue weighted by atomic mass is 32.8. The average molecular weight is 193 g/mol. The number of para-hydroxylation sites is 1. The molecule has 0 N–H and O–H groups in total. The van der Waals surface area contributed by atoms with Crippen molar-refractivity contribution in [3.8, 4) is 0 Å². The lowest BCUT2D eigenvalue weighted by molar-refractivity contribution is 1.41. The zero-order valence-electron chi connectivity index (χ0n) is 6.31. The SMILES string of the molecule is S=S.c1ccc2ncccc2c1. The number of nitrogens with zero attached hydrogens (tertiary/aromatic N) is 1. The van der Waals surface area contributed by atoms with Gasteiger partial charge in [0.15, 0.2) is 0 Å². The minimum absolute atomic E-state index is 1.06. The van der Waals surface area contributed by atoms with E-state index in [2.05, 4.69) is 39.5 Å². The fourth-order valence-corrected chi connectivity index (χ4v) is 1.02. The van der Waals surface area contributed by atoms with Crippen molar-refractivity contribution in [2.45, 2.75) is 0 Å². The van der Waals surface area contributed by atoms with E-state index < -0.39 is 0 Å². The van der Waals surface area contributed by atoms with Gasteiger partial charge in [-0.1, -0.05) is 24.3 Å². The summed E-state index contributed by atoms with van der Waals surface area (Å²) in [5.41, 5.74) is 1.06. The van der Waals surface area contributed by atoms with Gasteiger partial charge in [-0.15, -0.1) is 0 Å². The molecular weight excluding hydrogens is 186 g/mol. The maximum atomic E-state index is 4.18. The lowest BCUT2D eigenvalue weighted by atomic mass is 10.2. The number of hydrogen-bond acceptors (Lipinski definition) is 3. The topological polar surface area (TPSA) is 12.9 Å². The molecule has 3 heteroatoms. The normalized spacial score (nSPS) is 8.67. The van der Waals surface area contributed by atoms with Crippen LogP contribution in [0.2, 0.25) is 0 Å². The number of rotatable bonds is 0. The van der Waals surface area contributed by atoms with Crippen molar-refractivity contribution < 1.29 is 0 Å². The Labute approximate surface area is 81.1 Å². The zero-order chi connectivity index (χ0) is 8.81. The van der Waals surface area contributed by atoms with E-state index in [1.807, 2.05) is 30.5 Å². The van der Waals surface area contributed by atoms with Crippen molar-refractivity contribution in [1.29, 1.82) is 0 Å². The molecule has 60 valence electrons. The van der Waals surface area contributed by atoms with Gasteiger partial charge in [0.2, 0.25) is 0 Å². The monoisotopic (exact) mass is 193 g/mol. The Morgan fingerprint density at radius 1 is 0.917 bits per heavy atom. The van der Waals surface area contributed by atoms with Crippen LogP contribution < -0.4 is 0 Å². The van der Waals surface area contributed by atoms with Crippen LogP contribution in [0.25, 0.3) is 10.9 Å². The highest BCUT2D eigenvalue weighted by molar-refractivity contribution is 8.07. The summed E-state index contributed by atoms with van der Waals surface area (Å²) >= 11 is 7.33. The first-order valence-electron chi connectivity index (χ1n) is 3.43. The molecule has 0 amide bonds. The van der Waals surface area contributed by atoms with Crippen LogP contribution in [-0.4, -0.2) is 4.98 Å². The molecule has 1 aromatic heterocycles. The quantitative estimate of drug-likeness (QED) is 0.637. The molecule has 2 aromatic rings. The molecule has 1 heterocycles. The third kappa shape index (κ3) is 2.03. The third-order valence-electron chi connectivity index (χ3n) is 1.51. The standard InChI is InChI=1S/C9H7N.S2/c1-2-6-9-8(4-1)5-3-7-10-9;1-2/h1-7H;. The number of aromatic nitrogens is 1. The molecule has 0 atom stereocenters. The van der Waals surface area contributed by atoms with Gasteiger partial charge in [-0.3, -0.25) is 4.98 Å². The number of pyridine rings is 1. The van der Waals surface area contributed by atoms with Crippen LogP contribution in [0.1, 0.15) is 0 Å². The summed E-state index contributed by atoms with van der Waals surface area (Å²) in [5.74, 6) is 0. The molecule has 0 fully saturated rings. The van der Waals surface area contributed by atoms with Crippen molar-refractivity contribution in [1.82, 2.24) is 4.98 Å². The molecule has 2 rings (SSSR count). The largest absolute Gasteiger partial charge is 0.256 e. The number of fused-ring (bicyclic) bond motifs is 1. The van der Waals surface area contributed by atoms with Gasteiger partial charge in [0.05, 0.1) is 5.52 Å². The van der Waals surface area contributed by atoms with Gasteiger partial charge in [0, 0.05) is 34.0 Å². The lowest BCUT2D eigenvalue weighted by Gasteiger charge is -1.91. The second kappa shape index (κ2) is 4.85. The predicted octanol–water partition coefficient (Wildman–Crippen LogP) is 2.23. The first-order chi connectivity index (χ1) is 5.97. The first kappa shape index (κ1) is 9.16. The van der Waals surface area contributed by atoms with E-state index in [-0.39, 0.29) is 0 Å². The highest BCUT2D eigenvalue weighted by Gasteiger charge is 1.86. The molecule has 0 saturated carbocycles. The summed E-state index contributed by atoms with van der Waals surface area (Å²) in [6.07, 6.45) is 1.81. The van der Waals surface area contributed by atoms with Crippen molar-refractivity contribution in [3.63, 3.8) is 0 Å². The van der Waals surface area contributed by atoms with Gasteiger partial charge in [-0.25, -0.2) is 0 Å². The van der Waals surface area contributed by atoms with E-state index in [1.54, 1.807) is 0 Å². The van der Waals surface area contributed by atoms with Crippen molar-refractivity contribution in [2.24, 2.45) is 0 Å². The molecule has 0 bridgehead atoms. The minimum atomic E-state index is 1.06. The van der Waals surface area contributed by atoms with E-state index in [0.29, 0.717) is 0 Å². The molecule has 0 radical (unpaired) electrons. The summed E-state index contributed by atoms with van der Waals surface area (Å²) < 4.78 is 0. The van der Waals surface area contributed by atoms with Crippen molar-refractivity contribution in [2.75, 3.05) is 0 Å². The van der Waals surface area contributed by atoms with E-state index >= 15 is 0 Å². The molecular formula is C9H7NS2. The smallest absolute Gasteiger partial charge is 0.0701 e.